The first kappa shape index (κ1) is 13.9. The molecule has 4 nitrogen and oxygen atoms in total. The number of rotatable bonds is 7. The second kappa shape index (κ2) is 7.14. The van der Waals surface area contributed by atoms with Crippen LogP contribution >= 0.6 is 0 Å². The number of nitrogens with one attached hydrogen (secondary N) is 2. The molecule has 0 radical (unpaired) electrons. The molecule has 0 spiro atoms. The minimum Gasteiger partial charge on any atom is -0.493 e. The van der Waals surface area contributed by atoms with Crippen LogP contribution in [0.1, 0.15) is 31.2 Å². The fourth-order valence-electron chi connectivity index (χ4n) is 2.23. The van der Waals surface area contributed by atoms with Gasteiger partial charge < -0.3 is 15.4 Å². The smallest absolute Gasteiger partial charge is 0.221 e. The summed E-state index contributed by atoms with van der Waals surface area (Å²) >= 11 is 0. The number of carbonyl (C=O) groups is 1. The summed E-state index contributed by atoms with van der Waals surface area (Å²) in [7, 11) is 0. The Bertz CT molecular complexity index is 420. The van der Waals surface area contributed by atoms with Gasteiger partial charge in [0, 0.05) is 37.5 Å². The summed E-state index contributed by atoms with van der Waals surface area (Å²) in [4.78, 5) is 11.4. The van der Waals surface area contributed by atoms with Crippen LogP contribution in [0.5, 0.6) is 5.75 Å². The average molecular weight is 262 g/mol. The number of carbonyl (C=O) groups excluding carboxylic acids is 1. The highest BCUT2D eigenvalue weighted by Gasteiger charge is 2.22. The summed E-state index contributed by atoms with van der Waals surface area (Å²) in [6, 6.07) is 8.15. The van der Waals surface area contributed by atoms with Gasteiger partial charge in [0.1, 0.15) is 5.75 Å². The van der Waals surface area contributed by atoms with Crippen molar-refractivity contribution in [1.29, 1.82) is 0 Å². The van der Waals surface area contributed by atoms with Crippen LogP contribution in [0.3, 0.4) is 0 Å². The van der Waals surface area contributed by atoms with Gasteiger partial charge in [-0.15, -0.1) is 0 Å². The van der Waals surface area contributed by atoms with E-state index < -0.39 is 0 Å². The number of fused-ring (bicyclic) bond motifs is 1. The Labute approximate surface area is 114 Å². The molecule has 1 aliphatic rings. The predicted octanol–water partition coefficient (Wildman–Crippen LogP) is 1.67. The zero-order valence-electron chi connectivity index (χ0n) is 11.4. The van der Waals surface area contributed by atoms with E-state index in [-0.39, 0.29) is 5.91 Å². The quantitative estimate of drug-likeness (QED) is 0.735. The molecule has 1 aliphatic heterocycles. The Morgan fingerprint density at radius 1 is 1.37 bits per heavy atom. The van der Waals surface area contributed by atoms with Crippen LogP contribution in [0, 0.1) is 0 Å². The van der Waals surface area contributed by atoms with Crippen LogP contribution in [0.15, 0.2) is 24.3 Å². The molecular formula is C15H22N2O2. The summed E-state index contributed by atoms with van der Waals surface area (Å²) in [6.07, 6.45) is 1.52. The van der Waals surface area contributed by atoms with E-state index in [1.54, 1.807) is 0 Å². The summed E-state index contributed by atoms with van der Waals surface area (Å²) in [5, 5.41) is 6.21. The molecule has 1 atom stereocenters. The summed E-state index contributed by atoms with van der Waals surface area (Å²) in [5.74, 6) is 1.52. The Morgan fingerprint density at radius 3 is 3.05 bits per heavy atom. The van der Waals surface area contributed by atoms with Gasteiger partial charge in [0.15, 0.2) is 0 Å². The third-order valence-electron chi connectivity index (χ3n) is 3.29. The van der Waals surface area contributed by atoms with E-state index in [1.165, 1.54) is 5.56 Å². The van der Waals surface area contributed by atoms with E-state index in [9.17, 15) is 4.79 Å². The molecule has 1 aromatic rings. The second-order valence-corrected chi connectivity index (χ2v) is 4.85. The fraction of sp³-hybridized carbons (Fsp3) is 0.533. The van der Waals surface area contributed by atoms with Gasteiger partial charge in [-0.2, -0.15) is 0 Å². The molecule has 1 unspecified atom stereocenters. The second-order valence-electron chi connectivity index (χ2n) is 4.85. The lowest BCUT2D eigenvalue weighted by molar-refractivity contribution is -0.120. The van der Waals surface area contributed by atoms with Crippen LogP contribution in [0.2, 0.25) is 0 Å². The van der Waals surface area contributed by atoms with Gasteiger partial charge in [-0.05, 0) is 12.5 Å². The number of para-hydroxylation sites is 1. The van der Waals surface area contributed by atoms with Gasteiger partial charge in [-0.1, -0.05) is 25.1 Å². The van der Waals surface area contributed by atoms with Crippen molar-refractivity contribution >= 4 is 5.91 Å². The molecule has 4 heteroatoms. The van der Waals surface area contributed by atoms with Crippen LogP contribution < -0.4 is 15.4 Å². The maximum atomic E-state index is 11.4. The normalized spacial score (nSPS) is 16.8. The van der Waals surface area contributed by atoms with Gasteiger partial charge >= 0.3 is 0 Å². The van der Waals surface area contributed by atoms with E-state index in [1.807, 2.05) is 18.2 Å². The number of amides is 1. The minimum atomic E-state index is 0.123. The van der Waals surface area contributed by atoms with E-state index >= 15 is 0 Å². The van der Waals surface area contributed by atoms with Gasteiger partial charge in [0.25, 0.3) is 0 Å². The van der Waals surface area contributed by atoms with E-state index in [4.69, 9.17) is 4.74 Å². The third kappa shape index (κ3) is 3.96. The SMILES string of the molecule is CCCNC(=O)CCNCC1COc2ccccc21. The monoisotopic (exact) mass is 262 g/mol. The molecule has 2 rings (SSSR count). The van der Waals surface area contributed by atoms with Crippen molar-refractivity contribution in [2.24, 2.45) is 0 Å². The van der Waals surface area contributed by atoms with Crippen molar-refractivity contribution in [3.05, 3.63) is 29.8 Å². The molecule has 0 fully saturated rings. The van der Waals surface area contributed by atoms with Crippen LogP contribution in [0.4, 0.5) is 0 Å². The largest absolute Gasteiger partial charge is 0.493 e. The van der Waals surface area contributed by atoms with E-state index in [0.29, 0.717) is 18.9 Å². The lowest BCUT2D eigenvalue weighted by Crippen LogP contribution is -2.30. The van der Waals surface area contributed by atoms with Crippen molar-refractivity contribution in [2.45, 2.75) is 25.7 Å². The molecule has 104 valence electrons. The highest BCUT2D eigenvalue weighted by molar-refractivity contribution is 5.75. The predicted molar refractivity (Wildman–Crippen MR) is 75.5 cm³/mol. The van der Waals surface area contributed by atoms with Gasteiger partial charge in [0.05, 0.1) is 6.61 Å². The fourth-order valence-corrected chi connectivity index (χ4v) is 2.23. The lowest BCUT2D eigenvalue weighted by atomic mass is 10.0. The summed E-state index contributed by atoms with van der Waals surface area (Å²) < 4.78 is 5.62. The first-order valence-corrected chi connectivity index (χ1v) is 7.00. The van der Waals surface area contributed by atoms with Crippen molar-refractivity contribution in [1.82, 2.24) is 10.6 Å². The molecule has 0 saturated carbocycles. The molecule has 0 bridgehead atoms. The minimum absolute atomic E-state index is 0.123. The van der Waals surface area contributed by atoms with Crippen molar-refractivity contribution in [3.63, 3.8) is 0 Å². The number of benzene rings is 1. The Morgan fingerprint density at radius 2 is 2.21 bits per heavy atom. The Balaban J connectivity index is 1.66. The summed E-state index contributed by atoms with van der Waals surface area (Å²) in [5.41, 5.74) is 1.27. The molecule has 1 heterocycles. The topological polar surface area (TPSA) is 50.4 Å². The van der Waals surface area contributed by atoms with E-state index in [2.05, 4.69) is 23.6 Å². The highest BCUT2D eigenvalue weighted by Crippen LogP contribution is 2.32. The van der Waals surface area contributed by atoms with Crippen LogP contribution in [0.25, 0.3) is 0 Å². The maximum Gasteiger partial charge on any atom is 0.221 e. The maximum absolute atomic E-state index is 11.4. The summed E-state index contributed by atoms with van der Waals surface area (Å²) in [6.45, 7) is 5.12. The molecule has 2 N–H and O–H groups in total. The zero-order chi connectivity index (χ0) is 13.5. The lowest BCUT2D eigenvalue weighted by Gasteiger charge is -2.10. The standard InChI is InChI=1S/C15H22N2O2/c1-2-8-17-15(18)7-9-16-10-12-11-19-14-6-4-3-5-13(12)14/h3-6,12,16H,2,7-11H2,1H3,(H,17,18). The molecule has 1 amide bonds. The number of hydrogen-bond acceptors (Lipinski definition) is 3. The van der Waals surface area contributed by atoms with Gasteiger partial charge in [0.2, 0.25) is 5.91 Å². The first-order valence-electron chi connectivity index (χ1n) is 7.00. The Hall–Kier alpha value is -1.55. The molecule has 0 saturated heterocycles. The zero-order valence-corrected chi connectivity index (χ0v) is 11.4. The Kier molecular flexibility index (Phi) is 5.21. The van der Waals surface area contributed by atoms with E-state index in [0.717, 1.165) is 31.9 Å². The van der Waals surface area contributed by atoms with Crippen molar-refractivity contribution < 1.29 is 9.53 Å². The van der Waals surface area contributed by atoms with Crippen molar-refractivity contribution in [3.8, 4) is 5.75 Å². The molecule has 19 heavy (non-hydrogen) atoms. The van der Waals surface area contributed by atoms with Gasteiger partial charge in [-0.25, -0.2) is 0 Å². The molecule has 0 aliphatic carbocycles. The number of ether oxygens (including phenoxy) is 1. The molecular weight excluding hydrogens is 240 g/mol. The van der Waals surface area contributed by atoms with Crippen LogP contribution in [-0.2, 0) is 4.79 Å². The molecule has 1 aromatic carbocycles. The first-order chi connectivity index (χ1) is 9.31. The third-order valence-corrected chi connectivity index (χ3v) is 3.29. The van der Waals surface area contributed by atoms with Gasteiger partial charge in [-0.3, -0.25) is 4.79 Å². The number of hydrogen-bond donors (Lipinski definition) is 2. The van der Waals surface area contributed by atoms with Crippen LogP contribution in [-0.4, -0.2) is 32.1 Å². The van der Waals surface area contributed by atoms with Crippen molar-refractivity contribution in [2.75, 3.05) is 26.2 Å². The highest BCUT2D eigenvalue weighted by atomic mass is 16.5. The average Bonchev–Trinajstić information content (AvgIpc) is 2.85. The molecule has 0 aromatic heterocycles.